The van der Waals surface area contributed by atoms with Crippen LogP contribution in [0.5, 0.6) is 5.75 Å². The average molecular weight is 251 g/mol. The summed E-state index contributed by atoms with van der Waals surface area (Å²) in [5.74, 6) is 0.456. The first kappa shape index (κ1) is 14.4. The van der Waals surface area contributed by atoms with Crippen LogP contribution >= 0.6 is 0 Å². The molecule has 1 aromatic rings. The van der Waals surface area contributed by atoms with Crippen molar-refractivity contribution in [3.05, 3.63) is 24.3 Å². The molecular weight excluding hydrogens is 230 g/mol. The van der Waals surface area contributed by atoms with Crippen LogP contribution in [0.15, 0.2) is 24.3 Å². The monoisotopic (exact) mass is 251 g/mol. The summed E-state index contributed by atoms with van der Waals surface area (Å²) >= 11 is 0. The predicted octanol–water partition coefficient (Wildman–Crippen LogP) is 2.84. The van der Waals surface area contributed by atoms with Crippen molar-refractivity contribution in [1.29, 1.82) is 0 Å². The molecule has 0 aromatic heterocycles. The Morgan fingerprint density at radius 2 is 1.94 bits per heavy atom. The van der Waals surface area contributed by atoms with Gasteiger partial charge in [-0.15, -0.1) is 0 Å². The highest BCUT2D eigenvalue weighted by Crippen LogP contribution is 2.23. The Hall–Kier alpha value is -1.71. The zero-order valence-corrected chi connectivity index (χ0v) is 11.4. The number of rotatable bonds is 5. The van der Waals surface area contributed by atoms with Gasteiger partial charge in [-0.1, -0.05) is 12.1 Å². The fourth-order valence-electron chi connectivity index (χ4n) is 1.44. The van der Waals surface area contributed by atoms with E-state index in [1.54, 1.807) is 0 Å². The molecule has 0 heterocycles. The Morgan fingerprint density at radius 1 is 1.28 bits per heavy atom. The smallest absolute Gasteiger partial charge is 0.325 e. The molecule has 0 unspecified atom stereocenters. The molecule has 0 bridgehead atoms. The highest BCUT2D eigenvalue weighted by atomic mass is 16.6. The van der Waals surface area contributed by atoms with Crippen molar-refractivity contribution in [3.8, 4) is 5.75 Å². The molecule has 4 nitrogen and oxygen atoms in total. The van der Waals surface area contributed by atoms with Gasteiger partial charge in [0.05, 0.1) is 12.3 Å². The third kappa shape index (κ3) is 5.08. The lowest BCUT2D eigenvalue weighted by molar-refractivity contribution is -0.152. The summed E-state index contributed by atoms with van der Waals surface area (Å²) in [6.07, 6.45) is 0. The Balaban J connectivity index is 2.55. The predicted molar refractivity (Wildman–Crippen MR) is 71.9 cm³/mol. The molecule has 0 saturated heterocycles. The first-order valence-electron chi connectivity index (χ1n) is 6.10. The Labute approximate surface area is 108 Å². The summed E-state index contributed by atoms with van der Waals surface area (Å²) in [5, 5.41) is 3.02. The van der Waals surface area contributed by atoms with Crippen LogP contribution in [0.1, 0.15) is 27.7 Å². The fraction of sp³-hybridized carbons (Fsp3) is 0.500. The lowest BCUT2D eigenvalue weighted by Crippen LogP contribution is -2.28. The maximum atomic E-state index is 11.6. The highest BCUT2D eigenvalue weighted by molar-refractivity contribution is 5.76. The number of nitrogens with one attached hydrogen (secondary N) is 1. The molecule has 0 radical (unpaired) electrons. The Kier molecular flexibility index (Phi) is 5.01. The molecule has 0 atom stereocenters. The lowest BCUT2D eigenvalue weighted by atomic mass is 10.2. The Bertz CT molecular complexity index is 396. The molecule has 100 valence electrons. The van der Waals surface area contributed by atoms with Crippen LogP contribution < -0.4 is 10.1 Å². The van der Waals surface area contributed by atoms with Crippen molar-refractivity contribution < 1.29 is 14.3 Å². The van der Waals surface area contributed by atoms with Crippen molar-refractivity contribution in [1.82, 2.24) is 0 Å². The zero-order valence-electron chi connectivity index (χ0n) is 11.4. The summed E-state index contributed by atoms with van der Waals surface area (Å²) < 4.78 is 10.7. The van der Waals surface area contributed by atoms with Gasteiger partial charge in [0, 0.05) is 0 Å². The first-order valence-corrected chi connectivity index (χ1v) is 6.10. The maximum Gasteiger partial charge on any atom is 0.325 e. The second-order valence-corrected chi connectivity index (χ2v) is 4.87. The van der Waals surface area contributed by atoms with E-state index in [-0.39, 0.29) is 12.5 Å². The third-order valence-electron chi connectivity index (χ3n) is 2.03. The summed E-state index contributed by atoms with van der Waals surface area (Å²) in [5.41, 5.74) is 0.336. The van der Waals surface area contributed by atoms with Crippen LogP contribution in [0, 0.1) is 0 Å². The summed E-state index contributed by atoms with van der Waals surface area (Å²) in [7, 11) is 0. The topological polar surface area (TPSA) is 47.6 Å². The number of anilines is 1. The molecule has 0 saturated carbocycles. The van der Waals surface area contributed by atoms with E-state index in [1.807, 2.05) is 52.0 Å². The maximum absolute atomic E-state index is 11.6. The number of para-hydroxylation sites is 2. The summed E-state index contributed by atoms with van der Waals surface area (Å²) in [6.45, 7) is 8.17. The molecule has 0 fully saturated rings. The number of carbonyl (C=O) groups excluding carboxylic acids is 1. The lowest BCUT2D eigenvalue weighted by Gasteiger charge is -2.20. The van der Waals surface area contributed by atoms with Gasteiger partial charge in [-0.05, 0) is 39.8 Å². The molecule has 1 N–H and O–H groups in total. The van der Waals surface area contributed by atoms with E-state index in [9.17, 15) is 4.79 Å². The van der Waals surface area contributed by atoms with Gasteiger partial charge in [0.25, 0.3) is 0 Å². The van der Waals surface area contributed by atoms with Gasteiger partial charge in [-0.25, -0.2) is 0 Å². The van der Waals surface area contributed by atoms with Gasteiger partial charge >= 0.3 is 5.97 Å². The number of hydrogen-bond acceptors (Lipinski definition) is 4. The van der Waals surface area contributed by atoms with E-state index in [0.717, 1.165) is 11.4 Å². The second-order valence-electron chi connectivity index (χ2n) is 4.87. The van der Waals surface area contributed by atoms with Crippen LogP contribution in [0.25, 0.3) is 0 Å². The summed E-state index contributed by atoms with van der Waals surface area (Å²) in [4.78, 5) is 11.6. The van der Waals surface area contributed by atoms with Gasteiger partial charge in [0.2, 0.25) is 0 Å². The van der Waals surface area contributed by atoms with Gasteiger partial charge < -0.3 is 14.8 Å². The van der Waals surface area contributed by atoms with Crippen LogP contribution in [0.2, 0.25) is 0 Å². The van der Waals surface area contributed by atoms with Crippen LogP contribution in [-0.2, 0) is 9.53 Å². The first-order chi connectivity index (χ1) is 8.42. The number of hydrogen-bond donors (Lipinski definition) is 1. The summed E-state index contributed by atoms with van der Waals surface area (Å²) in [6, 6.07) is 7.51. The van der Waals surface area contributed by atoms with Crippen molar-refractivity contribution >= 4 is 11.7 Å². The number of ether oxygens (including phenoxy) is 2. The molecule has 0 aliphatic heterocycles. The molecular formula is C14H21NO3. The molecule has 0 aliphatic carbocycles. The van der Waals surface area contributed by atoms with E-state index in [4.69, 9.17) is 9.47 Å². The quantitative estimate of drug-likeness (QED) is 0.817. The van der Waals surface area contributed by atoms with Crippen LogP contribution in [0.4, 0.5) is 5.69 Å². The van der Waals surface area contributed by atoms with Gasteiger partial charge in [-0.3, -0.25) is 4.79 Å². The van der Waals surface area contributed by atoms with E-state index in [1.165, 1.54) is 0 Å². The van der Waals surface area contributed by atoms with Crippen molar-refractivity contribution in [3.63, 3.8) is 0 Å². The van der Waals surface area contributed by atoms with Crippen LogP contribution in [-0.4, -0.2) is 24.7 Å². The molecule has 0 spiro atoms. The van der Waals surface area contributed by atoms with Gasteiger partial charge in [0.1, 0.15) is 17.9 Å². The molecule has 0 amide bonds. The minimum atomic E-state index is -0.460. The van der Waals surface area contributed by atoms with Crippen molar-refractivity contribution in [2.45, 2.75) is 33.3 Å². The highest BCUT2D eigenvalue weighted by Gasteiger charge is 2.16. The van der Waals surface area contributed by atoms with Crippen molar-refractivity contribution in [2.24, 2.45) is 0 Å². The SMILES string of the molecule is CCOc1ccccc1NCC(=O)OC(C)(C)C. The normalized spacial score (nSPS) is 10.9. The number of esters is 1. The molecule has 18 heavy (non-hydrogen) atoms. The van der Waals surface area contributed by atoms with Gasteiger partial charge in [0.15, 0.2) is 0 Å². The van der Waals surface area contributed by atoms with Crippen LogP contribution in [0.3, 0.4) is 0 Å². The molecule has 4 heteroatoms. The fourth-order valence-corrected chi connectivity index (χ4v) is 1.44. The third-order valence-corrected chi connectivity index (χ3v) is 2.03. The number of carbonyl (C=O) groups is 1. The van der Waals surface area contributed by atoms with E-state index in [2.05, 4.69) is 5.32 Å². The average Bonchev–Trinajstić information content (AvgIpc) is 2.26. The second kappa shape index (κ2) is 6.28. The largest absolute Gasteiger partial charge is 0.492 e. The van der Waals surface area contributed by atoms with E-state index < -0.39 is 5.60 Å². The molecule has 1 rings (SSSR count). The number of benzene rings is 1. The molecule has 1 aromatic carbocycles. The minimum absolute atomic E-state index is 0.126. The standard InChI is InChI=1S/C14H21NO3/c1-5-17-12-9-7-6-8-11(12)15-10-13(16)18-14(2,3)4/h6-9,15H,5,10H2,1-4H3. The van der Waals surface area contributed by atoms with E-state index >= 15 is 0 Å². The minimum Gasteiger partial charge on any atom is -0.492 e. The van der Waals surface area contributed by atoms with E-state index in [0.29, 0.717) is 6.61 Å². The van der Waals surface area contributed by atoms with Gasteiger partial charge in [-0.2, -0.15) is 0 Å². The molecule has 0 aliphatic rings. The van der Waals surface area contributed by atoms with Crippen molar-refractivity contribution in [2.75, 3.05) is 18.5 Å². The zero-order chi connectivity index (χ0) is 13.6. The Morgan fingerprint density at radius 3 is 2.56 bits per heavy atom.